The molecule has 0 saturated carbocycles. The van der Waals surface area contributed by atoms with Gasteiger partial charge in [-0.05, 0) is 74.8 Å². The lowest BCUT2D eigenvalue weighted by Gasteiger charge is -2.36. The van der Waals surface area contributed by atoms with E-state index in [0.717, 1.165) is 23.4 Å². The van der Waals surface area contributed by atoms with Crippen LogP contribution in [0.3, 0.4) is 0 Å². The molecule has 0 fully saturated rings. The maximum absolute atomic E-state index is 14.6. The molecule has 1 unspecified atom stereocenters. The fourth-order valence-electron chi connectivity index (χ4n) is 3.52. The molecule has 0 aliphatic carbocycles. The number of halogens is 2. The third-order valence-corrected chi connectivity index (χ3v) is 10.7. The van der Waals surface area contributed by atoms with Crippen LogP contribution in [0.4, 0.5) is 13.6 Å². The van der Waals surface area contributed by atoms with E-state index in [9.17, 15) is 13.6 Å². The van der Waals surface area contributed by atoms with Crippen molar-refractivity contribution in [2.24, 2.45) is 0 Å². The molecule has 7 heteroatoms. The van der Waals surface area contributed by atoms with Crippen molar-refractivity contribution in [3.05, 3.63) is 71.3 Å². The number of ether oxygens (including phenoxy) is 1. The predicted molar refractivity (Wildman–Crippen MR) is 134 cm³/mol. The van der Waals surface area contributed by atoms with E-state index < -0.39 is 37.6 Å². The van der Waals surface area contributed by atoms with E-state index in [0.29, 0.717) is 5.70 Å². The zero-order valence-electron chi connectivity index (χ0n) is 21.3. The highest BCUT2D eigenvalue weighted by Crippen LogP contribution is 2.40. The third kappa shape index (κ3) is 5.87. The van der Waals surface area contributed by atoms with Crippen LogP contribution in [-0.2, 0) is 4.74 Å². The van der Waals surface area contributed by atoms with E-state index in [1.807, 2.05) is 24.3 Å². The van der Waals surface area contributed by atoms with Gasteiger partial charge in [0.25, 0.3) is 0 Å². The highest BCUT2D eigenvalue weighted by atomic mass is 28.4. The maximum atomic E-state index is 14.6. The van der Waals surface area contributed by atoms with Crippen molar-refractivity contribution in [3.63, 3.8) is 0 Å². The first kappa shape index (κ1) is 25.9. The molecule has 0 bridgehead atoms. The van der Waals surface area contributed by atoms with Gasteiger partial charge in [0, 0.05) is 18.0 Å². The Labute approximate surface area is 202 Å². The van der Waals surface area contributed by atoms with E-state index in [4.69, 9.17) is 9.16 Å². The number of carbonyl (C=O) groups excluding carboxylic acids is 1. The molecule has 1 aliphatic heterocycles. The molecule has 1 aliphatic rings. The number of rotatable bonds is 4. The molecule has 0 saturated heterocycles. The van der Waals surface area contributed by atoms with Gasteiger partial charge in [0.15, 0.2) is 0 Å². The minimum atomic E-state index is -2.07. The molecule has 0 N–H and O–H groups in total. The van der Waals surface area contributed by atoms with Gasteiger partial charge in [-0.15, -0.1) is 0 Å². The minimum Gasteiger partial charge on any atom is -0.543 e. The lowest BCUT2D eigenvalue weighted by Crippen LogP contribution is -2.43. The Hall–Kier alpha value is -2.67. The third-order valence-electron chi connectivity index (χ3n) is 6.31. The van der Waals surface area contributed by atoms with Crippen LogP contribution in [0.1, 0.15) is 58.6 Å². The summed E-state index contributed by atoms with van der Waals surface area (Å²) >= 11 is 0. The summed E-state index contributed by atoms with van der Waals surface area (Å²) in [5.41, 5.74) is 0.847. The van der Waals surface area contributed by atoms with Crippen LogP contribution in [0, 0.1) is 11.6 Å². The summed E-state index contributed by atoms with van der Waals surface area (Å²) < 4.78 is 40.5. The van der Waals surface area contributed by atoms with Gasteiger partial charge in [0.1, 0.15) is 23.0 Å². The number of carbonyl (C=O) groups is 1. The number of amides is 1. The summed E-state index contributed by atoms with van der Waals surface area (Å²) in [5, 5.41) is 0.0260. The van der Waals surface area contributed by atoms with Crippen LogP contribution < -0.4 is 4.43 Å². The second kappa shape index (κ2) is 9.17. The number of nitrogens with zero attached hydrogens (tertiary/aromatic N) is 1. The predicted octanol–water partition coefficient (Wildman–Crippen LogP) is 7.72. The molecule has 0 aromatic heterocycles. The standard InChI is InChI=1S/C27H35F2NO3Si/c1-26(2,3)32-25(31)30-17-19(22-16-20(28)12-13-23(22)29)15-24(30)18-10-9-11-21(14-18)33-34(7,8)27(4,5)6/h9-16,19H,17H2,1-8H3. The van der Waals surface area contributed by atoms with Gasteiger partial charge in [-0.1, -0.05) is 39.0 Å². The van der Waals surface area contributed by atoms with Crippen LogP contribution in [0.25, 0.3) is 5.70 Å². The summed E-state index contributed by atoms with van der Waals surface area (Å²) in [5.74, 6) is -0.826. The second-order valence-electron chi connectivity index (χ2n) is 11.3. The zero-order valence-corrected chi connectivity index (χ0v) is 22.3. The molecular formula is C27H35F2NO3Si. The Bertz CT molecular complexity index is 1100. The van der Waals surface area contributed by atoms with Crippen LogP contribution in [0.15, 0.2) is 48.5 Å². The minimum absolute atomic E-state index is 0.0260. The van der Waals surface area contributed by atoms with Gasteiger partial charge in [-0.25, -0.2) is 13.6 Å². The quantitative estimate of drug-likeness (QED) is 0.414. The van der Waals surface area contributed by atoms with Gasteiger partial charge < -0.3 is 9.16 Å². The SMILES string of the molecule is CC(C)(C)OC(=O)N1CC(c2cc(F)ccc2F)C=C1c1cccc(O[Si](C)(C)C(C)(C)C)c1. The average molecular weight is 488 g/mol. The molecule has 184 valence electrons. The van der Waals surface area contributed by atoms with Gasteiger partial charge in [0.05, 0.1) is 5.70 Å². The molecule has 0 radical (unpaired) electrons. The summed E-state index contributed by atoms with van der Waals surface area (Å²) in [7, 11) is -2.07. The van der Waals surface area contributed by atoms with Gasteiger partial charge >= 0.3 is 6.09 Å². The lowest BCUT2D eigenvalue weighted by molar-refractivity contribution is 0.0361. The van der Waals surface area contributed by atoms with Crippen molar-refractivity contribution in [3.8, 4) is 5.75 Å². The van der Waals surface area contributed by atoms with Gasteiger partial charge in [-0.3, -0.25) is 4.90 Å². The van der Waals surface area contributed by atoms with Crippen LogP contribution in [-0.4, -0.2) is 31.5 Å². The van der Waals surface area contributed by atoms with E-state index >= 15 is 0 Å². The highest BCUT2D eigenvalue weighted by molar-refractivity contribution is 6.74. The van der Waals surface area contributed by atoms with E-state index in [1.54, 1.807) is 26.8 Å². The summed E-state index contributed by atoms with van der Waals surface area (Å²) in [6.07, 6.45) is 1.27. The summed E-state index contributed by atoms with van der Waals surface area (Å²) in [4.78, 5) is 14.6. The molecule has 2 aromatic carbocycles. The molecule has 1 amide bonds. The zero-order chi connectivity index (χ0) is 25.5. The molecule has 2 aromatic rings. The van der Waals surface area contributed by atoms with Crippen molar-refractivity contribution < 1.29 is 22.7 Å². The maximum Gasteiger partial charge on any atom is 0.414 e. The van der Waals surface area contributed by atoms with Crippen molar-refractivity contribution >= 4 is 20.1 Å². The smallest absolute Gasteiger partial charge is 0.414 e. The van der Waals surface area contributed by atoms with Gasteiger partial charge in [-0.2, -0.15) is 0 Å². The Morgan fingerprint density at radius 1 is 1.03 bits per heavy atom. The first-order valence-electron chi connectivity index (χ1n) is 11.5. The monoisotopic (exact) mass is 487 g/mol. The Morgan fingerprint density at radius 2 is 1.71 bits per heavy atom. The van der Waals surface area contributed by atoms with E-state index in [2.05, 4.69) is 33.9 Å². The number of hydrogen-bond acceptors (Lipinski definition) is 3. The molecule has 4 nitrogen and oxygen atoms in total. The van der Waals surface area contributed by atoms with Crippen molar-refractivity contribution in [2.45, 2.75) is 71.2 Å². The molecule has 1 atom stereocenters. The highest BCUT2D eigenvalue weighted by Gasteiger charge is 2.39. The topological polar surface area (TPSA) is 38.8 Å². The van der Waals surface area contributed by atoms with Crippen molar-refractivity contribution in [1.82, 2.24) is 4.90 Å². The fraction of sp³-hybridized carbons (Fsp3) is 0.444. The largest absolute Gasteiger partial charge is 0.543 e. The normalized spacial score (nSPS) is 16.9. The van der Waals surface area contributed by atoms with Crippen molar-refractivity contribution in [2.75, 3.05) is 6.54 Å². The Balaban J connectivity index is 2.02. The van der Waals surface area contributed by atoms with Crippen LogP contribution in [0.5, 0.6) is 5.75 Å². The van der Waals surface area contributed by atoms with E-state index in [1.165, 1.54) is 11.0 Å². The first-order valence-corrected chi connectivity index (χ1v) is 14.4. The average Bonchev–Trinajstić information content (AvgIpc) is 3.13. The first-order chi connectivity index (χ1) is 15.6. The molecule has 1 heterocycles. The lowest BCUT2D eigenvalue weighted by atomic mass is 9.99. The molecule has 0 spiro atoms. The van der Waals surface area contributed by atoms with Crippen molar-refractivity contribution in [1.29, 1.82) is 0 Å². The number of hydrogen-bond donors (Lipinski definition) is 0. The van der Waals surface area contributed by atoms with Crippen LogP contribution >= 0.6 is 0 Å². The van der Waals surface area contributed by atoms with E-state index in [-0.39, 0.29) is 17.1 Å². The second-order valence-corrected chi connectivity index (χ2v) is 16.0. The molecule has 3 rings (SSSR count). The van der Waals surface area contributed by atoms with Gasteiger partial charge in [0.2, 0.25) is 8.32 Å². The van der Waals surface area contributed by atoms with Crippen LogP contribution in [0.2, 0.25) is 18.1 Å². The summed E-state index contributed by atoms with van der Waals surface area (Å²) in [6.45, 7) is 16.4. The Morgan fingerprint density at radius 3 is 2.32 bits per heavy atom. The molecule has 34 heavy (non-hydrogen) atoms. The number of benzene rings is 2. The molecular weight excluding hydrogens is 452 g/mol. The Kier molecular flexibility index (Phi) is 7.00. The summed E-state index contributed by atoms with van der Waals surface area (Å²) in [6, 6.07) is 10.9. The fourth-order valence-corrected chi connectivity index (χ4v) is 4.55.